The maximum atomic E-state index is 10.6. The molecule has 1 atom stereocenters. The third kappa shape index (κ3) is 3.68. The summed E-state index contributed by atoms with van der Waals surface area (Å²) in [5, 5.41) is 10.6. The number of fused-ring (bicyclic) bond motifs is 1. The monoisotopic (exact) mass is 394 g/mol. The van der Waals surface area contributed by atoms with Gasteiger partial charge in [-0.1, -0.05) is 0 Å². The summed E-state index contributed by atoms with van der Waals surface area (Å²) in [6, 6.07) is 0. The number of aliphatic hydroxyl groups is 1. The summed E-state index contributed by atoms with van der Waals surface area (Å²) in [4.78, 5) is 23.0. The molecule has 0 aromatic carbocycles. The average Bonchev–Trinajstić information content (AvgIpc) is 2.74. The Morgan fingerprint density at radius 3 is 2.69 bits per heavy atom. The minimum absolute atomic E-state index is 0.120. The summed E-state index contributed by atoms with van der Waals surface area (Å²) < 4.78 is 0. The van der Waals surface area contributed by atoms with E-state index in [4.69, 9.17) is 9.97 Å². The first-order valence-corrected chi connectivity index (χ1v) is 10.9. The van der Waals surface area contributed by atoms with Gasteiger partial charge in [0.25, 0.3) is 0 Å². The molecule has 1 N–H and O–H groups in total. The quantitative estimate of drug-likeness (QED) is 0.837. The molecule has 0 amide bonds. The molecule has 2 aromatic heterocycles. The molecule has 0 radical (unpaired) electrons. The Kier molecular flexibility index (Phi) is 4.86. The third-order valence-corrected chi connectivity index (χ3v) is 6.98. The van der Waals surface area contributed by atoms with Crippen LogP contribution in [-0.2, 0) is 12.8 Å². The van der Waals surface area contributed by atoms with Gasteiger partial charge in [-0.3, -0.25) is 4.98 Å². The van der Waals surface area contributed by atoms with Crippen molar-refractivity contribution in [1.29, 1.82) is 0 Å². The predicted octanol–water partition coefficient (Wildman–Crippen LogP) is 2.31. The Hall–Kier alpha value is -2.28. The number of aryl methyl sites for hydroxylation is 2. The summed E-state index contributed by atoms with van der Waals surface area (Å²) in [6.45, 7) is 5.59. The van der Waals surface area contributed by atoms with Crippen LogP contribution in [0.1, 0.15) is 49.1 Å². The smallest absolute Gasteiger partial charge is 0.225 e. The minimum atomic E-state index is -0.320. The topological polar surface area (TPSA) is 78.3 Å². The third-order valence-electron chi connectivity index (χ3n) is 6.98. The van der Waals surface area contributed by atoms with Gasteiger partial charge in [0, 0.05) is 50.0 Å². The van der Waals surface area contributed by atoms with Gasteiger partial charge in [-0.25, -0.2) is 15.0 Å². The highest BCUT2D eigenvalue weighted by Crippen LogP contribution is 2.41. The summed E-state index contributed by atoms with van der Waals surface area (Å²) in [7, 11) is 0. The molecule has 2 fully saturated rings. The normalized spacial score (nSPS) is 23.9. The number of nitrogens with zero attached hydrogens (tertiary/aromatic N) is 6. The van der Waals surface area contributed by atoms with Crippen molar-refractivity contribution >= 4 is 11.8 Å². The van der Waals surface area contributed by atoms with E-state index in [1.807, 2.05) is 0 Å². The van der Waals surface area contributed by atoms with Crippen molar-refractivity contribution in [2.75, 3.05) is 36.0 Å². The Morgan fingerprint density at radius 1 is 1.07 bits per heavy atom. The Labute approximate surface area is 172 Å². The van der Waals surface area contributed by atoms with Gasteiger partial charge in [0.2, 0.25) is 5.95 Å². The van der Waals surface area contributed by atoms with Gasteiger partial charge >= 0.3 is 0 Å². The Bertz CT molecular complexity index is 865. The number of aliphatic hydroxyl groups excluding tert-OH is 1. The SMILES string of the molecule is Cc1nc(N2CCC3(CC2)CC(O)CN(c2cnccn2)C3)nc2c1CCCC2. The van der Waals surface area contributed by atoms with Crippen molar-refractivity contribution in [2.45, 2.75) is 58.0 Å². The predicted molar refractivity (Wildman–Crippen MR) is 112 cm³/mol. The van der Waals surface area contributed by atoms with E-state index in [0.29, 0.717) is 6.54 Å². The lowest BCUT2D eigenvalue weighted by atomic mass is 9.71. The van der Waals surface area contributed by atoms with Gasteiger partial charge in [-0.05, 0) is 62.8 Å². The van der Waals surface area contributed by atoms with E-state index < -0.39 is 0 Å². The van der Waals surface area contributed by atoms with Gasteiger partial charge < -0.3 is 14.9 Å². The molecule has 29 heavy (non-hydrogen) atoms. The number of aromatic nitrogens is 4. The zero-order valence-corrected chi connectivity index (χ0v) is 17.2. The molecule has 0 bridgehead atoms. The van der Waals surface area contributed by atoms with E-state index in [9.17, 15) is 5.11 Å². The van der Waals surface area contributed by atoms with Crippen LogP contribution in [0.3, 0.4) is 0 Å². The largest absolute Gasteiger partial charge is 0.391 e. The van der Waals surface area contributed by atoms with Gasteiger partial charge in [-0.15, -0.1) is 0 Å². The fraction of sp³-hybridized carbons (Fsp3) is 0.636. The summed E-state index contributed by atoms with van der Waals surface area (Å²) in [5.74, 6) is 1.77. The van der Waals surface area contributed by atoms with Crippen molar-refractivity contribution < 1.29 is 5.11 Å². The summed E-state index contributed by atoms with van der Waals surface area (Å²) >= 11 is 0. The zero-order chi connectivity index (χ0) is 19.8. The van der Waals surface area contributed by atoms with Crippen LogP contribution in [0.5, 0.6) is 0 Å². The van der Waals surface area contributed by atoms with E-state index in [1.54, 1.807) is 18.6 Å². The van der Waals surface area contributed by atoms with Crippen LogP contribution in [0.2, 0.25) is 0 Å². The average molecular weight is 395 g/mol. The molecule has 2 saturated heterocycles. The number of hydrogen-bond donors (Lipinski definition) is 1. The second kappa shape index (κ2) is 7.52. The summed E-state index contributed by atoms with van der Waals surface area (Å²) in [5.41, 5.74) is 3.92. The molecule has 2 aliphatic heterocycles. The molecule has 2 aromatic rings. The molecular weight excluding hydrogens is 364 g/mol. The van der Waals surface area contributed by atoms with Crippen LogP contribution in [0.25, 0.3) is 0 Å². The molecular formula is C22H30N6O. The molecule has 0 saturated carbocycles. The fourth-order valence-electron chi connectivity index (χ4n) is 5.43. The maximum absolute atomic E-state index is 10.6. The van der Waals surface area contributed by atoms with Crippen LogP contribution in [0.4, 0.5) is 11.8 Å². The lowest BCUT2D eigenvalue weighted by Gasteiger charge is -2.49. The molecule has 7 nitrogen and oxygen atoms in total. The maximum Gasteiger partial charge on any atom is 0.225 e. The molecule has 7 heteroatoms. The lowest BCUT2D eigenvalue weighted by molar-refractivity contribution is 0.0593. The highest BCUT2D eigenvalue weighted by molar-refractivity contribution is 5.40. The molecule has 154 valence electrons. The molecule has 1 spiro atoms. The molecule has 1 unspecified atom stereocenters. The second-order valence-electron chi connectivity index (χ2n) is 9.03. The molecule has 3 aliphatic rings. The number of piperidine rings is 2. The highest BCUT2D eigenvalue weighted by atomic mass is 16.3. The number of hydrogen-bond acceptors (Lipinski definition) is 7. The molecule has 5 rings (SSSR count). The first-order chi connectivity index (χ1) is 14.1. The van der Waals surface area contributed by atoms with E-state index in [-0.39, 0.29) is 11.5 Å². The van der Waals surface area contributed by atoms with Crippen LogP contribution in [0, 0.1) is 12.3 Å². The Balaban J connectivity index is 1.31. The van der Waals surface area contributed by atoms with Gasteiger partial charge in [0.15, 0.2) is 0 Å². The van der Waals surface area contributed by atoms with Crippen molar-refractivity contribution in [2.24, 2.45) is 5.41 Å². The highest BCUT2D eigenvalue weighted by Gasteiger charge is 2.42. The Morgan fingerprint density at radius 2 is 1.90 bits per heavy atom. The van der Waals surface area contributed by atoms with Crippen LogP contribution in [0.15, 0.2) is 18.6 Å². The van der Waals surface area contributed by atoms with Crippen molar-refractivity contribution in [3.05, 3.63) is 35.5 Å². The van der Waals surface area contributed by atoms with Crippen LogP contribution >= 0.6 is 0 Å². The van der Waals surface area contributed by atoms with Gasteiger partial charge in [0.05, 0.1) is 12.3 Å². The fourth-order valence-corrected chi connectivity index (χ4v) is 5.43. The van der Waals surface area contributed by atoms with Crippen LogP contribution in [-0.4, -0.2) is 57.3 Å². The zero-order valence-electron chi connectivity index (χ0n) is 17.2. The lowest BCUT2D eigenvalue weighted by Crippen LogP contribution is -2.54. The van der Waals surface area contributed by atoms with E-state index in [1.165, 1.54) is 24.1 Å². The van der Waals surface area contributed by atoms with Crippen molar-refractivity contribution in [3.8, 4) is 0 Å². The van der Waals surface area contributed by atoms with E-state index in [0.717, 1.165) is 69.2 Å². The standard InChI is InChI=1S/C22H30N6O/c1-16-18-4-2-3-5-19(18)26-21(25-16)27-10-6-22(7-11-27)12-17(29)14-28(15-22)20-13-23-8-9-24-20/h8-9,13,17,29H,2-7,10-12,14-15H2,1H3. The first-order valence-electron chi connectivity index (χ1n) is 10.9. The number of anilines is 2. The van der Waals surface area contributed by atoms with E-state index in [2.05, 4.69) is 26.7 Å². The molecule has 4 heterocycles. The molecule has 1 aliphatic carbocycles. The number of β-amino-alcohol motifs (C(OH)–C–C–N with tert-alkyl or cyclic N) is 1. The van der Waals surface area contributed by atoms with Gasteiger partial charge in [-0.2, -0.15) is 0 Å². The minimum Gasteiger partial charge on any atom is -0.391 e. The van der Waals surface area contributed by atoms with Crippen molar-refractivity contribution in [1.82, 2.24) is 19.9 Å². The van der Waals surface area contributed by atoms with Gasteiger partial charge in [0.1, 0.15) is 5.82 Å². The van der Waals surface area contributed by atoms with E-state index >= 15 is 0 Å². The second-order valence-corrected chi connectivity index (χ2v) is 9.03. The number of rotatable bonds is 2. The van der Waals surface area contributed by atoms with Crippen LogP contribution < -0.4 is 9.80 Å². The first kappa shape index (κ1) is 18.7. The summed E-state index contributed by atoms with van der Waals surface area (Å²) in [6.07, 6.45) is 12.5. The van der Waals surface area contributed by atoms with Crippen molar-refractivity contribution in [3.63, 3.8) is 0 Å².